The van der Waals surface area contributed by atoms with Crippen molar-refractivity contribution in [3.63, 3.8) is 0 Å². The number of sulfone groups is 1. The van der Waals surface area contributed by atoms with E-state index >= 15 is 0 Å². The SMILES string of the molecule is CC[C@@H](NS(=O)(=O)c1ccc(S(C)(=O)=O)cc1)c1ccc(OC)c(C)c1. The van der Waals surface area contributed by atoms with Crippen LogP contribution in [0.1, 0.15) is 30.5 Å². The first-order valence-electron chi connectivity index (χ1n) is 8.05. The van der Waals surface area contributed by atoms with Gasteiger partial charge in [-0.1, -0.05) is 19.1 Å². The fourth-order valence-corrected chi connectivity index (χ4v) is 4.57. The van der Waals surface area contributed by atoms with E-state index in [1.165, 1.54) is 24.3 Å². The standard InChI is InChI=1S/C18H23NO5S2/c1-5-17(14-6-11-18(24-3)13(2)12-14)19-26(22,23)16-9-7-15(8-10-16)25(4,20)21/h6-12,17,19H,5H2,1-4H3/t17-/m1/s1. The first kappa shape index (κ1) is 20.4. The molecule has 0 unspecified atom stereocenters. The van der Waals surface area contributed by atoms with E-state index in [1.54, 1.807) is 7.11 Å². The number of hydrogen-bond acceptors (Lipinski definition) is 5. The predicted octanol–water partition coefficient (Wildman–Crippen LogP) is 2.84. The van der Waals surface area contributed by atoms with Gasteiger partial charge in [-0.05, 0) is 54.8 Å². The fourth-order valence-electron chi connectivity index (χ4n) is 2.63. The van der Waals surface area contributed by atoms with Crippen LogP contribution in [0.3, 0.4) is 0 Å². The first-order chi connectivity index (χ1) is 12.1. The number of methoxy groups -OCH3 is 1. The quantitative estimate of drug-likeness (QED) is 0.776. The van der Waals surface area contributed by atoms with Gasteiger partial charge < -0.3 is 4.74 Å². The highest BCUT2D eigenvalue weighted by Crippen LogP contribution is 2.26. The van der Waals surface area contributed by atoms with Crippen molar-refractivity contribution < 1.29 is 21.6 Å². The molecule has 26 heavy (non-hydrogen) atoms. The number of ether oxygens (including phenoxy) is 1. The number of hydrogen-bond donors (Lipinski definition) is 1. The maximum absolute atomic E-state index is 12.7. The molecule has 1 N–H and O–H groups in total. The van der Waals surface area contributed by atoms with Gasteiger partial charge in [-0.2, -0.15) is 0 Å². The highest BCUT2D eigenvalue weighted by Gasteiger charge is 2.21. The Balaban J connectivity index is 2.30. The van der Waals surface area contributed by atoms with Crippen molar-refractivity contribution in [3.05, 3.63) is 53.6 Å². The van der Waals surface area contributed by atoms with Gasteiger partial charge in [-0.15, -0.1) is 0 Å². The lowest BCUT2D eigenvalue weighted by Crippen LogP contribution is -2.28. The minimum atomic E-state index is -3.79. The van der Waals surface area contributed by atoms with Crippen LogP contribution < -0.4 is 9.46 Å². The van der Waals surface area contributed by atoms with Crippen molar-refractivity contribution in [3.8, 4) is 5.75 Å². The van der Waals surface area contributed by atoms with E-state index in [0.29, 0.717) is 6.42 Å². The van der Waals surface area contributed by atoms with E-state index < -0.39 is 25.9 Å². The summed E-state index contributed by atoms with van der Waals surface area (Å²) in [4.78, 5) is 0.0999. The second-order valence-electron chi connectivity index (χ2n) is 6.05. The van der Waals surface area contributed by atoms with Gasteiger partial charge in [0.1, 0.15) is 5.75 Å². The van der Waals surface area contributed by atoms with Crippen LogP contribution in [-0.2, 0) is 19.9 Å². The van der Waals surface area contributed by atoms with Gasteiger partial charge in [-0.25, -0.2) is 21.6 Å². The van der Waals surface area contributed by atoms with E-state index in [0.717, 1.165) is 23.1 Å². The van der Waals surface area contributed by atoms with Gasteiger partial charge in [-0.3, -0.25) is 0 Å². The third kappa shape index (κ3) is 4.63. The molecule has 1 atom stereocenters. The van der Waals surface area contributed by atoms with Gasteiger partial charge in [0, 0.05) is 12.3 Å². The number of nitrogens with one attached hydrogen (secondary N) is 1. The molecular weight excluding hydrogens is 374 g/mol. The number of sulfonamides is 1. The molecule has 0 aromatic heterocycles. The van der Waals surface area contributed by atoms with E-state index in [-0.39, 0.29) is 9.79 Å². The molecule has 0 saturated heterocycles. The van der Waals surface area contributed by atoms with Crippen molar-refractivity contribution in [2.24, 2.45) is 0 Å². The summed E-state index contributed by atoms with van der Waals surface area (Å²) in [5.41, 5.74) is 1.75. The third-order valence-electron chi connectivity index (χ3n) is 4.09. The maximum atomic E-state index is 12.7. The minimum Gasteiger partial charge on any atom is -0.496 e. The Morgan fingerprint density at radius 1 is 1.00 bits per heavy atom. The lowest BCUT2D eigenvalue weighted by atomic mass is 10.0. The molecular formula is C18H23NO5S2. The summed E-state index contributed by atoms with van der Waals surface area (Å²) in [6, 6.07) is 10.3. The summed E-state index contributed by atoms with van der Waals surface area (Å²) in [6.45, 7) is 3.78. The van der Waals surface area contributed by atoms with Crippen LogP contribution in [0.5, 0.6) is 5.75 Å². The van der Waals surface area contributed by atoms with Gasteiger partial charge in [0.15, 0.2) is 9.84 Å². The van der Waals surface area contributed by atoms with Crippen LogP contribution in [0.2, 0.25) is 0 Å². The molecule has 0 radical (unpaired) electrons. The van der Waals surface area contributed by atoms with E-state index in [1.807, 2.05) is 32.0 Å². The Kier molecular flexibility index (Phi) is 6.10. The van der Waals surface area contributed by atoms with E-state index in [2.05, 4.69) is 4.72 Å². The Morgan fingerprint density at radius 3 is 2.04 bits per heavy atom. The molecule has 2 aromatic rings. The lowest BCUT2D eigenvalue weighted by molar-refractivity contribution is 0.411. The molecule has 0 amide bonds. The third-order valence-corrected chi connectivity index (χ3v) is 6.71. The molecule has 0 spiro atoms. The van der Waals surface area contributed by atoms with Gasteiger partial charge in [0.05, 0.1) is 16.9 Å². The zero-order valence-electron chi connectivity index (χ0n) is 15.2. The first-order valence-corrected chi connectivity index (χ1v) is 11.4. The molecule has 142 valence electrons. The van der Waals surface area contributed by atoms with Gasteiger partial charge >= 0.3 is 0 Å². The number of aryl methyl sites for hydroxylation is 1. The predicted molar refractivity (Wildman–Crippen MR) is 101 cm³/mol. The summed E-state index contributed by atoms with van der Waals surface area (Å²) in [7, 11) is -5.58. The Hall–Kier alpha value is -1.90. The minimum absolute atomic E-state index is 0.0218. The zero-order valence-corrected chi connectivity index (χ0v) is 16.8. The molecule has 0 bridgehead atoms. The van der Waals surface area contributed by atoms with Crippen LogP contribution in [-0.4, -0.2) is 30.2 Å². The molecule has 0 heterocycles. The normalized spacial score (nSPS) is 13.4. The summed E-state index contributed by atoms with van der Waals surface area (Å²) in [5.74, 6) is 0.739. The highest BCUT2D eigenvalue weighted by atomic mass is 32.2. The second kappa shape index (κ2) is 7.77. The summed E-state index contributed by atoms with van der Waals surface area (Å²) >= 11 is 0. The van der Waals surface area contributed by atoms with Crippen molar-refractivity contribution in [2.45, 2.75) is 36.1 Å². The molecule has 2 aromatic carbocycles. The average Bonchev–Trinajstić information content (AvgIpc) is 2.59. The van der Waals surface area contributed by atoms with Crippen LogP contribution in [0.4, 0.5) is 0 Å². The van der Waals surface area contributed by atoms with Crippen molar-refractivity contribution in [2.75, 3.05) is 13.4 Å². The summed E-state index contributed by atoms with van der Waals surface area (Å²) in [5, 5.41) is 0. The summed E-state index contributed by atoms with van der Waals surface area (Å²) in [6.07, 6.45) is 1.64. The van der Waals surface area contributed by atoms with Crippen molar-refractivity contribution in [1.29, 1.82) is 0 Å². The number of benzene rings is 2. The molecule has 0 aliphatic carbocycles. The number of rotatable bonds is 7. The van der Waals surface area contributed by atoms with Crippen LogP contribution >= 0.6 is 0 Å². The lowest BCUT2D eigenvalue weighted by Gasteiger charge is -2.19. The molecule has 0 aliphatic rings. The fraction of sp³-hybridized carbons (Fsp3) is 0.333. The highest BCUT2D eigenvalue weighted by molar-refractivity contribution is 7.90. The van der Waals surface area contributed by atoms with Gasteiger partial charge in [0.25, 0.3) is 0 Å². The monoisotopic (exact) mass is 397 g/mol. The molecule has 0 aliphatic heterocycles. The Bertz CT molecular complexity index is 981. The average molecular weight is 398 g/mol. The molecule has 8 heteroatoms. The molecule has 0 saturated carbocycles. The largest absolute Gasteiger partial charge is 0.496 e. The van der Waals surface area contributed by atoms with Crippen molar-refractivity contribution in [1.82, 2.24) is 4.72 Å². The molecule has 2 rings (SSSR count). The van der Waals surface area contributed by atoms with E-state index in [9.17, 15) is 16.8 Å². The second-order valence-corrected chi connectivity index (χ2v) is 9.78. The van der Waals surface area contributed by atoms with Gasteiger partial charge in [0.2, 0.25) is 10.0 Å². The molecule has 0 fully saturated rings. The van der Waals surface area contributed by atoms with E-state index in [4.69, 9.17) is 4.74 Å². The topological polar surface area (TPSA) is 89.5 Å². The Labute approximate surface area is 155 Å². The zero-order chi connectivity index (χ0) is 19.5. The Morgan fingerprint density at radius 2 is 1.58 bits per heavy atom. The van der Waals surface area contributed by atoms with Crippen LogP contribution in [0.25, 0.3) is 0 Å². The van der Waals surface area contributed by atoms with Crippen LogP contribution in [0.15, 0.2) is 52.3 Å². The smallest absolute Gasteiger partial charge is 0.241 e. The molecule has 6 nitrogen and oxygen atoms in total. The maximum Gasteiger partial charge on any atom is 0.241 e. The summed E-state index contributed by atoms with van der Waals surface area (Å²) < 4.78 is 56.3. The van der Waals surface area contributed by atoms with Crippen molar-refractivity contribution >= 4 is 19.9 Å². The van der Waals surface area contributed by atoms with Crippen LogP contribution in [0, 0.1) is 6.92 Å².